The quantitative estimate of drug-likeness (QED) is 0.683. The highest BCUT2D eigenvalue weighted by atomic mass is 16.1. The Kier molecular flexibility index (Phi) is 3.41. The molecule has 0 spiro atoms. The molecule has 0 radical (unpaired) electrons. The van der Waals surface area contributed by atoms with Crippen LogP contribution in [0.15, 0.2) is 24.3 Å². The molecular formula is C12H13NO. The molecule has 0 aliphatic heterocycles. The van der Waals surface area contributed by atoms with Crippen LogP contribution in [0.2, 0.25) is 0 Å². The van der Waals surface area contributed by atoms with E-state index in [1.807, 2.05) is 19.9 Å². The van der Waals surface area contributed by atoms with Gasteiger partial charge in [0.1, 0.15) is 0 Å². The zero-order chi connectivity index (χ0) is 10.6. The van der Waals surface area contributed by atoms with Gasteiger partial charge in [0.25, 0.3) is 0 Å². The average Bonchev–Trinajstić information content (AvgIpc) is 2.26. The second-order valence-corrected chi connectivity index (χ2v) is 3.33. The summed E-state index contributed by atoms with van der Waals surface area (Å²) in [6.07, 6.45) is 0.804. The Morgan fingerprint density at radius 1 is 1.50 bits per heavy atom. The van der Waals surface area contributed by atoms with E-state index in [0.717, 1.165) is 6.42 Å². The minimum atomic E-state index is -0.00972. The molecule has 72 valence electrons. The Labute approximate surface area is 84.2 Å². The lowest BCUT2D eigenvalue weighted by molar-refractivity contribution is 0.0927. The van der Waals surface area contributed by atoms with Crippen molar-refractivity contribution >= 4 is 5.78 Å². The van der Waals surface area contributed by atoms with Crippen LogP contribution >= 0.6 is 0 Å². The topological polar surface area (TPSA) is 40.9 Å². The summed E-state index contributed by atoms with van der Waals surface area (Å²) in [4.78, 5) is 11.8. The normalized spacial score (nSPS) is 11.8. The Morgan fingerprint density at radius 2 is 2.14 bits per heavy atom. The minimum absolute atomic E-state index is 0.00972. The van der Waals surface area contributed by atoms with E-state index in [1.165, 1.54) is 0 Å². The van der Waals surface area contributed by atoms with Crippen LogP contribution in [0.5, 0.6) is 0 Å². The third-order valence-electron chi connectivity index (χ3n) is 2.37. The first-order chi connectivity index (χ1) is 6.70. The summed E-state index contributed by atoms with van der Waals surface area (Å²) in [6, 6.07) is 8.98. The molecule has 14 heavy (non-hydrogen) atoms. The van der Waals surface area contributed by atoms with Crippen molar-refractivity contribution in [2.45, 2.75) is 20.3 Å². The van der Waals surface area contributed by atoms with Gasteiger partial charge < -0.3 is 0 Å². The molecule has 0 saturated heterocycles. The lowest BCUT2D eigenvalue weighted by Crippen LogP contribution is -2.11. The van der Waals surface area contributed by atoms with Crippen molar-refractivity contribution in [3.63, 3.8) is 0 Å². The molecule has 1 rings (SSSR count). The maximum Gasteiger partial charge on any atom is 0.166 e. The van der Waals surface area contributed by atoms with Gasteiger partial charge in [0.15, 0.2) is 5.78 Å². The second-order valence-electron chi connectivity index (χ2n) is 3.33. The maximum atomic E-state index is 11.8. The summed E-state index contributed by atoms with van der Waals surface area (Å²) >= 11 is 0. The van der Waals surface area contributed by atoms with Gasteiger partial charge in [-0.15, -0.1) is 0 Å². The highest BCUT2D eigenvalue weighted by Crippen LogP contribution is 2.15. The van der Waals surface area contributed by atoms with E-state index < -0.39 is 0 Å². The van der Waals surface area contributed by atoms with Crippen molar-refractivity contribution < 1.29 is 4.79 Å². The van der Waals surface area contributed by atoms with Crippen LogP contribution in [0.3, 0.4) is 0 Å². The summed E-state index contributed by atoms with van der Waals surface area (Å²) < 4.78 is 0. The Balaban J connectivity index is 3.08. The van der Waals surface area contributed by atoms with Crippen LogP contribution in [-0.2, 0) is 0 Å². The smallest absolute Gasteiger partial charge is 0.166 e. The number of rotatable bonds is 3. The molecule has 1 atom stereocenters. The largest absolute Gasteiger partial charge is 0.294 e. The molecule has 0 aromatic heterocycles. The van der Waals surface area contributed by atoms with Gasteiger partial charge in [-0.25, -0.2) is 0 Å². The maximum absolute atomic E-state index is 11.8. The summed E-state index contributed by atoms with van der Waals surface area (Å²) in [7, 11) is 0. The van der Waals surface area contributed by atoms with E-state index >= 15 is 0 Å². The number of Topliss-reactive ketones (excluding diaryl/α,β-unsaturated/α-hetero) is 1. The number of carbonyl (C=O) groups is 1. The number of benzene rings is 1. The zero-order valence-electron chi connectivity index (χ0n) is 8.45. The van der Waals surface area contributed by atoms with E-state index in [9.17, 15) is 4.79 Å². The summed E-state index contributed by atoms with van der Waals surface area (Å²) in [6.45, 7) is 3.86. The molecule has 0 heterocycles. The van der Waals surface area contributed by atoms with E-state index in [2.05, 4.69) is 0 Å². The van der Waals surface area contributed by atoms with E-state index in [0.29, 0.717) is 11.1 Å². The van der Waals surface area contributed by atoms with Gasteiger partial charge in [0.2, 0.25) is 0 Å². The van der Waals surface area contributed by atoms with Crippen molar-refractivity contribution in [3.05, 3.63) is 35.4 Å². The van der Waals surface area contributed by atoms with Crippen LogP contribution in [-0.4, -0.2) is 5.78 Å². The monoisotopic (exact) mass is 187 g/mol. The van der Waals surface area contributed by atoms with Gasteiger partial charge in [0, 0.05) is 11.5 Å². The third kappa shape index (κ3) is 2.00. The number of hydrogen-bond donors (Lipinski definition) is 0. The predicted molar refractivity (Wildman–Crippen MR) is 54.9 cm³/mol. The number of hydrogen-bond acceptors (Lipinski definition) is 2. The Bertz CT molecular complexity index is 376. The van der Waals surface area contributed by atoms with Crippen LogP contribution in [0.1, 0.15) is 36.2 Å². The molecular weight excluding hydrogens is 174 g/mol. The van der Waals surface area contributed by atoms with Crippen LogP contribution < -0.4 is 0 Å². The summed E-state index contributed by atoms with van der Waals surface area (Å²) in [5.74, 6) is 0.0501. The van der Waals surface area contributed by atoms with E-state index in [4.69, 9.17) is 5.26 Å². The van der Waals surface area contributed by atoms with Gasteiger partial charge in [-0.2, -0.15) is 5.26 Å². The van der Waals surface area contributed by atoms with Crippen LogP contribution in [0.25, 0.3) is 0 Å². The zero-order valence-corrected chi connectivity index (χ0v) is 8.45. The first kappa shape index (κ1) is 10.5. The fourth-order valence-electron chi connectivity index (χ4n) is 1.25. The number of ketones is 1. The van der Waals surface area contributed by atoms with Gasteiger partial charge in [-0.1, -0.05) is 32.0 Å². The van der Waals surface area contributed by atoms with E-state index in [1.54, 1.807) is 24.3 Å². The van der Waals surface area contributed by atoms with Crippen molar-refractivity contribution in [1.82, 2.24) is 0 Å². The Hall–Kier alpha value is -1.62. The predicted octanol–water partition coefficient (Wildman–Crippen LogP) is 2.79. The molecule has 0 aliphatic carbocycles. The molecule has 0 saturated carbocycles. The molecule has 0 bridgehead atoms. The standard InChI is InChI=1S/C12H13NO/c1-3-9(2)12(14)11-7-5-4-6-10(11)8-13/h4-7,9H,3H2,1-2H3. The molecule has 1 aromatic rings. The molecule has 0 fully saturated rings. The van der Waals surface area contributed by atoms with Crippen LogP contribution in [0, 0.1) is 17.2 Å². The van der Waals surface area contributed by atoms with Crippen molar-refractivity contribution in [1.29, 1.82) is 5.26 Å². The first-order valence-corrected chi connectivity index (χ1v) is 4.74. The SMILES string of the molecule is CCC(C)C(=O)c1ccccc1C#N. The Morgan fingerprint density at radius 3 is 2.71 bits per heavy atom. The third-order valence-corrected chi connectivity index (χ3v) is 2.37. The van der Waals surface area contributed by atoms with Gasteiger partial charge in [0.05, 0.1) is 11.6 Å². The van der Waals surface area contributed by atoms with Crippen molar-refractivity contribution in [2.24, 2.45) is 5.92 Å². The number of nitrogens with zero attached hydrogens (tertiary/aromatic N) is 1. The molecule has 2 nitrogen and oxygen atoms in total. The summed E-state index contributed by atoms with van der Waals surface area (Å²) in [5, 5.41) is 8.82. The van der Waals surface area contributed by atoms with Crippen molar-refractivity contribution in [2.75, 3.05) is 0 Å². The van der Waals surface area contributed by atoms with Gasteiger partial charge >= 0.3 is 0 Å². The molecule has 0 amide bonds. The van der Waals surface area contributed by atoms with Gasteiger partial charge in [-0.3, -0.25) is 4.79 Å². The molecule has 1 aromatic carbocycles. The fourth-order valence-corrected chi connectivity index (χ4v) is 1.25. The second kappa shape index (κ2) is 4.57. The van der Waals surface area contributed by atoms with E-state index in [-0.39, 0.29) is 11.7 Å². The van der Waals surface area contributed by atoms with Crippen LogP contribution in [0.4, 0.5) is 0 Å². The highest BCUT2D eigenvalue weighted by Gasteiger charge is 2.15. The lowest BCUT2D eigenvalue weighted by Gasteiger charge is -2.08. The molecule has 0 N–H and O–H groups in total. The minimum Gasteiger partial charge on any atom is -0.294 e. The number of carbonyl (C=O) groups excluding carboxylic acids is 1. The average molecular weight is 187 g/mol. The summed E-state index contributed by atoms with van der Waals surface area (Å²) in [5.41, 5.74) is 1.02. The first-order valence-electron chi connectivity index (χ1n) is 4.74. The fraction of sp³-hybridized carbons (Fsp3) is 0.333. The lowest BCUT2D eigenvalue weighted by atomic mass is 9.94. The molecule has 1 unspecified atom stereocenters. The highest BCUT2D eigenvalue weighted by molar-refractivity contribution is 5.99. The van der Waals surface area contributed by atoms with Gasteiger partial charge in [-0.05, 0) is 12.5 Å². The number of nitriles is 1. The molecule has 0 aliphatic rings. The molecule has 2 heteroatoms. The van der Waals surface area contributed by atoms with Crippen molar-refractivity contribution in [3.8, 4) is 6.07 Å².